The van der Waals surface area contributed by atoms with Crippen LogP contribution in [0, 0.1) is 6.92 Å². The summed E-state index contributed by atoms with van der Waals surface area (Å²) in [5.41, 5.74) is 5.32. The Hall–Kier alpha value is -2.73. The fourth-order valence-electron chi connectivity index (χ4n) is 4.01. The maximum atomic E-state index is 12.8. The number of H-pyrrole nitrogens is 1. The molecule has 0 fully saturated rings. The summed E-state index contributed by atoms with van der Waals surface area (Å²) in [7, 11) is 0. The fraction of sp³-hybridized carbons (Fsp3) is 0.208. The van der Waals surface area contributed by atoms with Crippen LogP contribution in [0.1, 0.15) is 22.4 Å². The van der Waals surface area contributed by atoms with Crippen molar-refractivity contribution < 1.29 is 0 Å². The Morgan fingerprint density at radius 3 is 2.68 bits per heavy atom. The van der Waals surface area contributed by atoms with E-state index in [4.69, 9.17) is 28.2 Å². The normalized spacial score (nSPS) is 14.0. The van der Waals surface area contributed by atoms with E-state index in [-0.39, 0.29) is 5.56 Å². The Bertz CT molecular complexity index is 1350. The number of nitrogens with one attached hydrogen (secondary N) is 1. The summed E-state index contributed by atoms with van der Waals surface area (Å²) >= 11 is 12.4. The summed E-state index contributed by atoms with van der Waals surface area (Å²) in [5, 5.41) is 2.22. The highest BCUT2D eigenvalue weighted by Crippen LogP contribution is 2.25. The number of fused-ring (bicyclic) bond motifs is 2. The molecule has 0 atom stereocenters. The minimum absolute atomic E-state index is 0.0992. The number of halogens is 2. The van der Waals surface area contributed by atoms with Crippen LogP contribution in [0.2, 0.25) is 10.2 Å². The molecule has 156 valence electrons. The largest absolute Gasteiger partial charge is 0.306 e. The molecule has 0 aliphatic carbocycles. The third-order valence-electron chi connectivity index (χ3n) is 5.66. The van der Waals surface area contributed by atoms with Gasteiger partial charge in [0.25, 0.3) is 5.56 Å². The van der Waals surface area contributed by atoms with Gasteiger partial charge in [0.05, 0.1) is 16.8 Å². The van der Waals surface area contributed by atoms with Gasteiger partial charge in [-0.3, -0.25) is 9.69 Å². The minimum Gasteiger partial charge on any atom is -0.306 e. The quantitative estimate of drug-likeness (QED) is 0.437. The van der Waals surface area contributed by atoms with Crippen molar-refractivity contribution in [2.45, 2.75) is 26.4 Å². The van der Waals surface area contributed by atoms with Gasteiger partial charge in [-0.15, -0.1) is 0 Å². The second-order valence-corrected chi connectivity index (χ2v) is 8.74. The zero-order valence-corrected chi connectivity index (χ0v) is 18.5. The SMILES string of the molecule is Cc1ccc2cc(CN3CCc4nc(-c5ccc(Cl)cc5)[nH]c(=O)c4C3)c(Cl)nc2c1. The van der Waals surface area contributed by atoms with E-state index in [1.165, 1.54) is 0 Å². The first kappa shape index (κ1) is 20.2. The standard InChI is InChI=1S/C24H20Cl2N4O/c1-14-2-3-16-11-17(22(26)27-21(16)10-14)12-30-9-8-20-19(13-30)24(31)29-23(28-20)15-4-6-18(25)7-5-15/h2-7,10-11H,8-9,12-13H2,1H3,(H,28,29,31). The van der Waals surface area contributed by atoms with E-state index in [0.717, 1.165) is 39.8 Å². The number of rotatable bonds is 3. The molecular formula is C24H20Cl2N4O. The van der Waals surface area contributed by atoms with E-state index in [0.29, 0.717) is 41.1 Å². The number of nitrogens with zero attached hydrogens (tertiary/aromatic N) is 3. The molecule has 2 aromatic carbocycles. The van der Waals surface area contributed by atoms with Crippen LogP contribution in [-0.2, 0) is 19.5 Å². The molecule has 1 aliphatic rings. The van der Waals surface area contributed by atoms with Crippen LogP contribution >= 0.6 is 23.2 Å². The van der Waals surface area contributed by atoms with Crippen LogP contribution in [0.25, 0.3) is 22.3 Å². The minimum atomic E-state index is -0.0992. The van der Waals surface area contributed by atoms with Gasteiger partial charge in [0.15, 0.2) is 0 Å². The summed E-state index contributed by atoms with van der Waals surface area (Å²) in [4.78, 5) is 27.2. The van der Waals surface area contributed by atoms with Gasteiger partial charge < -0.3 is 4.98 Å². The van der Waals surface area contributed by atoms with Crippen molar-refractivity contribution in [1.29, 1.82) is 0 Å². The summed E-state index contributed by atoms with van der Waals surface area (Å²) in [6.45, 7) is 4.00. The topological polar surface area (TPSA) is 61.9 Å². The number of aryl methyl sites for hydroxylation is 1. The molecule has 5 rings (SSSR count). The average Bonchev–Trinajstić information content (AvgIpc) is 2.75. The molecule has 0 saturated heterocycles. The van der Waals surface area contributed by atoms with E-state index in [1.54, 1.807) is 12.1 Å². The first-order valence-electron chi connectivity index (χ1n) is 10.1. The Labute approximate surface area is 189 Å². The molecule has 1 N–H and O–H groups in total. The highest BCUT2D eigenvalue weighted by Gasteiger charge is 2.22. The van der Waals surface area contributed by atoms with E-state index in [1.807, 2.05) is 25.1 Å². The lowest BCUT2D eigenvalue weighted by molar-refractivity contribution is 0.242. The molecule has 0 radical (unpaired) electrons. The molecule has 4 aromatic rings. The Morgan fingerprint density at radius 2 is 1.87 bits per heavy atom. The van der Waals surface area contributed by atoms with Gasteiger partial charge in [-0.05, 0) is 48.9 Å². The van der Waals surface area contributed by atoms with Crippen molar-refractivity contribution in [2.24, 2.45) is 0 Å². The summed E-state index contributed by atoms with van der Waals surface area (Å²) < 4.78 is 0. The summed E-state index contributed by atoms with van der Waals surface area (Å²) in [6.07, 6.45) is 0.706. The van der Waals surface area contributed by atoms with Crippen molar-refractivity contribution in [3.8, 4) is 11.4 Å². The van der Waals surface area contributed by atoms with Crippen LogP contribution in [0.15, 0.2) is 53.3 Å². The Balaban J connectivity index is 1.40. The lowest BCUT2D eigenvalue weighted by atomic mass is 10.0. The van der Waals surface area contributed by atoms with Crippen LogP contribution < -0.4 is 5.56 Å². The molecular weight excluding hydrogens is 431 g/mol. The number of aromatic nitrogens is 3. The first-order chi connectivity index (χ1) is 15.0. The second-order valence-electron chi connectivity index (χ2n) is 7.94. The average molecular weight is 451 g/mol. The van der Waals surface area contributed by atoms with Crippen molar-refractivity contribution >= 4 is 34.1 Å². The number of pyridine rings is 1. The molecule has 7 heteroatoms. The zero-order chi connectivity index (χ0) is 21.5. The smallest absolute Gasteiger partial charge is 0.255 e. The van der Waals surface area contributed by atoms with Gasteiger partial charge in [0.2, 0.25) is 0 Å². The lowest BCUT2D eigenvalue weighted by Crippen LogP contribution is -2.35. The predicted molar refractivity (Wildman–Crippen MR) is 125 cm³/mol. The number of benzene rings is 2. The number of aromatic amines is 1. The van der Waals surface area contributed by atoms with Gasteiger partial charge in [0, 0.05) is 47.6 Å². The second kappa shape index (κ2) is 8.08. The van der Waals surface area contributed by atoms with Crippen LogP contribution in [-0.4, -0.2) is 26.4 Å². The van der Waals surface area contributed by atoms with E-state index in [2.05, 4.69) is 33.1 Å². The van der Waals surface area contributed by atoms with Crippen LogP contribution in [0.5, 0.6) is 0 Å². The molecule has 2 aromatic heterocycles. The molecule has 0 saturated carbocycles. The highest BCUT2D eigenvalue weighted by molar-refractivity contribution is 6.30. The van der Waals surface area contributed by atoms with E-state index in [9.17, 15) is 4.79 Å². The third kappa shape index (κ3) is 4.09. The number of hydrogen-bond acceptors (Lipinski definition) is 4. The molecule has 0 bridgehead atoms. The maximum absolute atomic E-state index is 12.8. The maximum Gasteiger partial charge on any atom is 0.255 e. The van der Waals surface area contributed by atoms with Crippen LogP contribution in [0.3, 0.4) is 0 Å². The summed E-state index contributed by atoms with van der Waals surface area (Å²) in [6, 6.07) is 15.6. The van der Waals surface area contributed by atoms with Gasteiger partial charge in [0.1, 0.15) is 11.0 Å². The van der Waals surface area contributed by atoms with Crippen molar-refractivity contribution in [1.82, 2.24) is 19.9 Å². The van der Waals surface area contributed by atoms with Crippen LogP contribution in [0.4, 0.5) is 0 Å². The molecule has 5 nitrogen and oxygen atoms in total. The summed E-state index contributed by atoms with van der Waals surface area (Å²) in [5.74, 6) is 0.575. The molecule has 0 amide bonds. The molecule has 0 unspecified atom stereocenters. The van der Waals surface area contributed by atoms with Gasteiger partial charge in [-0.2, -0.15) is 0 Å². The Morgan fingerprint density at radius 1 is 1.06 bits per heavy atom. The van der Waals surface area contributed by atoms with E-state index >= 15 is 0 Å². The Kier molecular flexibility index (Phi) is 5.26. The lowest BCUT2D eigenvalue weighted by Gasteiger charge is -2.28. The molecule has 3 heterocycles. The number of hydrogen-bond donors (Lipinski definition) is 1. The molecule has 0 spiro atoms. The van der Waals surface area contributed by atoms with Crippen molar-refractivity contribution in [3.05, 3.63) is 91.4 Å². The zero-order valence-electron chi connectivity index (χ0n) is 17.0. The predicted octanol–water partition coefficient (Wildman–Crippen LogP) is 5.16. The fourth-order valence-corrected chi connectivity index (χ4v) is 4.34. The highest BCUT2D eigenvalue weighted by atomic mass is 35.5. The van der Waals surface area contributed by atoms with Crippen molar-refractivity contribution in [3.63, 3.8) is 0 Å². The van der Waals surface area contributed by atoms with Gasteiger partial charge in [-0.25, -0.2) is 9.97 Å². The van der Waals surface area contributed by atoms with Gasteiger partial charge in [-0.1, -0.05) is 35.3 Å². The third-order valence-corrected chi connectivity index (χ3v) is 6.24. The van der Waals surface area contributed by atoms with Gasteiger partial charge >= 0.3 is 0 Å². The van der Waals surface area contributed by atoms with Crippen molar-refractivity contribution in [2.75, 3.05) is 6.54 Å². The van der Waals surface area contributed by atoms with E-state index < -0.39 is 0 Å². The first-order valence-corrected chi connectivity index (χ1v) is 10.9. The molecule has 1 aliphatic heterocycles. The molecule has 31 heavy (non-hydrogen) atoms. The monoisotopic (exact) mass is 450 g/mol.